The Morgan fingerprint density at radius 3 is 2.94 bits per heavy atom. The van der Waals surface area contributed by atoms with Crippen LogP contribution in [0.3, 0.4) is 0 Å². The summed E-state index contributed by atoms with van der Waals surface area (Å²) in [4.78, 5) is 18.0. The number of hydrogen-bond donors (Lipinski definition) is 0. The van der Waals surface area contributed by atoms with Gasteiger partial charge in [0, 0.05) is 13.6 Å². The van der Waals surface area contributed by atoms with Gasteiger partial charge in [0.15, 0.2) is 0 Å². The molecule has 1 aromatic heterocycles. The van der Waals surface area contributed by atoms with Gasteiger partial charge in [-0.25, -0.2) is 4.98 Å². The molecule has 2 heterocycles. The molecular formula is C12H13N3O. The van der Waals surface area contributed by atoms with Gasteiger partial charge >= 0.3 is 0 Å². The number of likely N-dealkylation sites (tertiary alicyclic amines) is 1. The Hall–Kier alpha value is -1.84. The van der Waals surface area contributed by atoms with Crippen LogP contribution in [0.25, 0.3) is 11.0 Å². The molecule has 1 saturated heterocycles. The average molecular weight is 215 g/mol. The van der Waals surface area contributed by atoms with Gasteiger partial charge in [0.05, 0.1) is 17.4 Å². The molecule has 0 spiro atoms. The molecule has 1 aliphatic rings. The maximum Gasteiger partial charge on any atom is 0.245 e. The van der Waals surface area contributed by atoms with Crippen LogP contribution in [0.1, 0.15) is 12.5 Å². The maximum absolute atomic E-state index is 11.9. The second-order valence-corrected chi connectivity index (χ2v) is 4.20. The molecule has 1 unspecified atom stereocenters. The smallest absolute Gasteiger partial charge is 0.245 e. The third-order valence-electron chi connectivity index (χ3n) is 3.22. The maximum atomic E-state index is 11.9. The van der Waals surface area contributed by atoms with Crippen LogP contribution in [0, 0.1) is 0 Å². The first-order valence-corrected chi connectivity index (χ1v) is 5.44. The predicted octanol–water partition coefficient (Wildman–Crippen LogP) is 1.44. The van der Waals surface area contributed by atoms with Crippen LogP contribution in [0.5, 0.6) is 0 Å². The topological polar surface area (TPSA) is 38.1 Å². The number of likely N-dealkylation sites (N-methyl/N-ethyl adjacent to an activating group) is 1. The zero-order valence-corrected chi connectivity index (χ0v) is 9.13. The van der Waals surface area contributed by atoms with Gasteiger partial charge in [-0.2, -0.15) is 0 Å². The van der Waals surface area contributed by atoms with Gasteiger partial charge in [-0.1, -0.05) is 12.1 Å². The normalized spacial score (nSPS) is 20.9. The summed E-state index contributed by atoms with van der Waals surface area (Å²) >= 11 is 0. The summed E-state index contributed by atoms with van der Waals surface area (Å²) < 4.78 is 1.99. The zero-order chi connectivity index (χ0) is 11.1. The molecule has 82 valence electrons. The lowest BCUT2D eigenvalue weighted by molar-refractivity contribution is -0.129. The van der Waals surface area contributed by atoms with Crippen LogP contribution in [0.15, 0.2) is 30.6 Å². The Bertz CT molecular complexity index is 546. The lowest BCUT2D eigenvalue weighted by Crippen LogP contribution is -2.24. The fourth-order valence-corrected chi connectivity index (χ4v) is 2.29. The van der Waals surface area contributed by atoms with Crippen molar-refractivity contribution in [3.8, 4) is 0 Å². The standard InChI is InChI=1S/C12H13N3O/c1-14-7-6-11(12(14)16)15-8-13-9-4-2-3-5-10(9)15/h2-5,8,11H,6-7H2,1H3. The van der Waals surface area contributed by atoms with E-state index in [1.165, 1.54) is 0 Å². The number of carbonyl (C=O) groups excluding carboxylic acids is 1. The van der Waals surface area contributed by atoms with E-state index in [-0.39, 0.29) is 11.9 Å². The molecule has 16 heavy (non-hydrogen) atoms. The lowest BCUT2D eigenvalue weighted by Gasteiger charge is -2.12. The number of fused-ring (bicyclic) bond motifs is 1. The van der Waals surface area contributed by atoms with Gasteiger partial charge in [-0.05, 0) is 18.6 Å². The molecular weight excluding hydrogens is 202 g/mol. The predicted molar refractivity (Wildman–Crippen MR) is 61.0 cm³/mol. The molecule has 1 aliphatic heterocycles. The van der Waals surface area contributed by atoms with Crippen molar-refractivity contribution in [2.45, 2.75) is 12.5 Å². The van der Waals surface area contributed by atoms with Crippen molar-refractivity contribution in [1.29, 1.82) is 0 Å². The number of nitrogens with zero attached hydrogens (tertiary/aromatic N) is 3. The van der Waals surface area contributed by atoms with Crippen molar-refractivity contribution < 1.29 is 4.79 Å². The number of hydrogen-bond acceptors (Lipinski definition) is 2. The first-order valence-electron chi connectivity index (χ1n) is 5.44. The zero-order valence-electron chi connectivity index (χ0n) is 9.13. The first kappa shape index (κ1) is 9.39. The summed E-state index contributed by atoms with van der Waals surface area (Å²) in [5, 5.41) is 0. The van der Waals surface area contributed by atoms with Crippen LogP contribution < -0.4 is 0 Å². The van der Waals surface area contributed by atoms with Crippen molar-refractivity contribution >= 4 is 16.9 Å². The van der Waals surface area contributed by atoms with E-state index < -0.39 is 0 Å². The van der Waals surface area contributed by atoms with Gasteiger partial charge < -0.3 is 9.47 Å². The van der Waals surface area contributed by atoms with Crippen molar-refractivity contribution in [3.63, 3.8) is 0 Å². The minimum Gasteiger partial charge on any atom is -0.344 e. The van der Waals surface area contributed by atoms with Crippen LogP contribution in [0.4, 0.5) is 0 Å². The number of imidazole rings is 1. The molecule has 0 bridgehead atoms. The Balaban J connectivity index is 2.10. The number of para-hydroxylation sites is 2. The average Bonchev–Trinajstić information content (AvgIpc) is 2.85. The molecule has 0 radical (unpaired) electrons. The minimum atomic E-state index is -0.0719. The molecule has 4 heteroatoms. The second-order valence-electron chi connectivity index (χ2n) is 4.20. The monoisotopic (exact) mass is 215 g/mol. The quantitative estimate of drug-likeness (QED) is 0.722. The van der Waals surface area contributed by atoms with Crippen LogP contribution >= 0.6 is 0 Å². The first-order chi connectivity index (χ1) is 7.77. The highest BCUT2D eigenvalue weighted by molar-refractivity contribution is 5.85. The van der Waals surface area contributed by atoms with Crippen LogP contribution in [0.2, 0.25) is 0 Å². The molecule has 1 atom stereocenters. The molecule has 4 nitrogen and oxygen atoms in total. The molecule has 1 amide bonds. The number of aromatic nitrogens is 2. The van der Waals surface area contributed by atoms with Gasteiger partial charge in [0.1, 0.15) is 6.04 Å². The highest BCUT2D eigenvalue weighted by Crippen LogP contribution is 2.25. The van der Waals surface area contributed by atoms with Crippen molar-refractivity contribution in [2.75, 3.05) is 13.6 Å². The van der Waals surface area contributed by atoms with E-state index in [0.29, 0.717) is 0 Å². The summed E-state index contributed by atoms with van der Waals surface area (Å²) in [6.07, 6.45) is 2.64. The van der Waals surface area contributed by atoms with E-state index in [1.54, 1.807) is 11.2 Å². The number of benzene rings is 1. The van der Waals surface area contributed by atoms with Crippen molar-refractivity contribution in [3.05, 3.63) is 30.6 Å². The lowest BCUT2D eigenvalue weighted by atomic mass is 10.2. The summed E-state index contributed by atoms with van der Waals surface area (Å²) in [6, 6.07) is 7.84. The Morgan fingerprint density at radius 2 is 2.19 bits per heavy atom. The van der Waals surface area contributed by atoms with Crippen molar-refractivity contribution in [2.24, 2.45) is 0 Å². The van der Waals surface area contributed by atoms with Gasteiger partial charge in [0.25, 0.3) is 0 Å². The van der Waals surface area contributed by atoms with Gasteiger partial charge in [-0.15, -0.1) is 0 Å². The summed E-state index contributed by atoms with van der Waals surface area (Å²) in [6.45, 7) is 0.829. The highest BCUT2D eigenvalue weighted by Gasteiger charge is 2.31. The van der Waals surface area contributed by atoms with E-state index >= 15 is 0 Å². The molecule has 0 N–H and O–H groups in total. The summed E-state index contributed by atoms with van der Waals surface area (Å²) in [5.74, 6) is 0.183. The van der Waals surface area contributed by atoms with E-state index in [0.717, 1.165) is 24.0 Å². The Morgan fingerprint density at radius 1 is 1.38 bits per heavy atom. The van der Waals surface area contributed by atoms with Gasteiger partial charge in [0.2, 0.25) is 5.91 Å². The second kappa shape index (κ2) is 3.33. The van der Waals surface area contributed by atoms with E-state index in [1.807, 2.05) is 35.9 Å². The highest BCUT2D eigenvalue weighted by atomic mass is 16.2. The van der Waals surface area contributed by atoms with E-state index in [9.17, 15) is 4.79 Å². The number of carbonyl (C=O) groups is 1. The fourth-order valence-electron chi connectivity index (χ4n) is 2.29. The molecule has 1 fully saturated rings. The SMILES string of the molecule is CN1CCC(n2cnc3ccccc32)C1=O. The Labute approximate surface area is 93.5 Å². The molecule has 0 aliphatic carbocycles. The summed E-state index contributed by atoms with van der Waals surface area (Å²) in [7, 11) is 1.85. The van der Waals surface area contributed by atoms with Gasteiger partial charge in [-0.3, -0.25) is 4.79 Å². The summed E-state index contributed by atoms with van der Waals surface area (Å²) in [5.41, 5.74) is 1.99. The third-order valence-corrected chi connectivity index (χ3v) is 3.22. The molecule has 3 rings (SSSR count). The van der Waals surface area contributed by atoms with E-state index in [4.69, 9.17) is 0 Å². The molecule has 1 aromatic carbocycles. The number of amides is 1. The van der Waals surface area contributed by atoms with Crippen LogP contribution in [-0.4, -0.2) is 34.0 Å². The van der Waals surface area contributed by atoms with Crippen LogP contribution in [-0.2, 0) is 4.79 Å². The van der Waals surface area contributed by atoms with Crippen molar-refractivity contribution in [1.82, 2.24) is 14.5 Å². The fraction of sp³-hybridized carbons (Fsp3) is 0.333. The molecule has 2 aromatic rings. The third kappa shape index (κ3) is 1.23. The Kier molecular flexibility index (Phi) is 1.96. The number of rotatable bonds is 1. The minimum absolute atomic E-state index is 0.0719. The molecule has 0 saturated carbocycles. The van der Waals surface area contributed by atoms with E-state index in [2.05, 4.69) is 4.98 Å². The largest absolute Gasteiger partial charge is 0.344 e.